The lowest BCUT2D eigenvalue weighted by Crippen LogP contribution is -2.37. The Labute approximate surface area is 171 Å². The summed E-state index contributed by atoms with van der Waals surface area (Å²) in [6.45, 7) is 25.6. The van der Waals surface area contributed by atoms with E-state index in [0.717, 1.165) is 0 Å². The minimum absolute atomic E-state index is 0. The Morgan fingerprint density at radius 3 is 1.00 bits per heavy atom. The summed E-state index contributed by atoms with van der Waals surface area (Å²) in [5.41, 5.74) is 5.88. The predicted molar refractivity (Wildman–Crippen MR) is 122 cm³/mol. The summed E-state index contributed by atoms with van der Waals surface area (Å²) in [5, 5.41) is 22.6. The van der Waals surface area contributed by atoms with Gasteiger partial charge in [-0.05, 0) is 97.2 Å². The summed E-state index contributed by atoms with van der Waals surface area (Å²) in [7, 11) is 4.17. The smallest absolute Gasteiger partial charge is 0.0935 e. The topological polar surface area (TPSA) is 93.8 Å². The molecule has 0 aliphatic rings. The highest BCUT2D eigenvalue weighted by molar-refractivity contribution is 4.69. The number of hydrogen-bond acceptors (Lipinski definition) is 6. The van der Waals surface area contributed by atoms with Crippen LogP contribution in [0.5, 0.6) is 0 Å². The van der Waals surface area contributed by atoms with Crippen LogP contribution in [-0.4, -0.2) is 71.2 Å². The van der Waals surface area contributed by atoms with Gasteiger partial charge in [-0.3, -0.25) is 5.32 Å². The molecule has 0 saturated carbocycles. The molecule has 6 heteroatoms. The molecule has 27 heavy (non-hydrogen) atoms. The van der Waals surface area contributed by atoms with Crippen molar-refractivity contribution in [2.75, 3.05) is 34.0 Å². The van der Waals surface area contributed by atoms with Crippen LogP contribution in [0.1, 0.15) is 83.1 Å². The number of nitrogens with zero attached hydrogens (tertiary/aromatic N) is 1. The van der Waals surface area contributed by atoms with E-state index in [-0.39, 0.29) is 30.0 Å². The molecule has 0 aliphatic carbocycles. The van der Waals surface area contributed by atoms with Gasteiger partial charge in [-0.25, -0.2) is 0 Å². The molecule has 170 valence electrons. The van der Waals surface area contributed by atoms with E-state index < -0.39 is 0 Å². The Hall–Kier alpha value is -0.240. The first-order valence-electron chi connectivity index (χ1n) is 9.75. The van der Waals surface area contributed by atoms with Gasteiger partial charge in [0.25, 0.3) is 0 Å². The fourth-order valence-electron chi connectivity index (χ4n) is 0.668. The first-order chi connectivity index (χ1) is 11.6. The average Bonchev–Trinajstić information content (AvgIpc) is 2.32. The minimum atomic E-state index is 0. The van der Waals surface area contributed by atoms with Crippen molar-refractivity contribution in [3.05, 3.63) is 0 Å². The van der Waals surface area contributed by atoms with Crippen molar-refractivity contribution in [2.45, 2.75) is 105 Å². The molecular weight excluding hydrogens is 340 g/mol. The van der Waals surface area contributed by atoms with Gasteiger partial charge in [-0.15, -0.1) is 0 Å². The van der Waals surface area contributed by atoms with E-state index in [9.17, 15) is 0 Å². The lowest BCUT2D eigenvalue weighted by atomic mass is 10.1. The fraction of sp³-hybridized carbons (Fsp3) is 1.00. The number of hydrogen-bond donors (Lipinski definition) is 5. The fourth-order valence-corrected chi connectivity index (χ4v) is 0.668. The van der Waals surface area contributed by atoms with Gasteiger partial charge in [0.15, 0.2) is 0 Å². The van der Waals surface area contributed by atoms with E-state index in [1.807, 2.05) is 41.5 Å². The van der Waals surface area contributed by atoms with Crippen molar-refractivity contribution in [1.29, 1.82) is 0 Å². The molecule has 0 rings (SSSR count). The molecule has 0 aromatic carbocycles. The largest absolute Gasteiger partial charge is 0.395 e. The SMILES string of the molecule is CC(C)(C)N.CC(C)(C)NCCO.CC(C)(C)NCO.CN(C)C(C)(C)C. The molecule has 0 aromatic heterocycles. The third kappa shape index (κ3) is 66.8. The quantitative estimate of drug-likeness (QED) is 0.473. The number of nitrogens with one attached hydrogen (secondary N) is 2. The van der Waals surface area contributed by atoms with E-state index >= 15 is 0 Å². The van der Waals surface area contributed by atoms with Gasteiger partial charge in [0, 0.05) is 28.7 Å². The maximum atomic E-state index is 8.37. The number of rotatable bonds is 3. The highest BCUT2D eigenvalue weighted by Crippen LogP contribution is 2.05. The number of nitrogens with two attached hydrogens (primary N) is 1. The van der Waals surface area contributed by atoms with Gasteiger partial charge >= 0.3 is 0 Å². The zero-order valence-electron chi connectivity index (χ0n) is 21.0. The van der Waals surface area contributed by atoms with Crippen LogP contribution in [0.4, 0.5) is 0 Å². The molecule has 6 nitrogen and oxygen atoms in total. The molecule has 0 spiro atoms. The Balaban J connectivity index is -0.000000132. The van der Waals surface area contributed by atoms with Crippen LogP contribution in [0.25, 0.3) is 0 Å². The lowest BCUT2D eigenvalue weighted by molar-refractivity contribution is 0.218. The van der Waals surface area contributed by atoms with Crippen LogP contribution in [0.2, 0.25) is 0 Å². The van der Waals surface area contributed by atoms with Crippen LogP contribution in [-0.2, 0) is 0 Å². The van der Waals surface area contributed by atoms with Crippen LogP contribution >= 0.6 is 0 Å². The molecule has 0 fully saturated rings. The molecule has 0 unspecified atom stereocenters. The molecular formula is C21H54N4O2. The van der Waals surface area contributed by atoms with Gasteiger partial charge in [-0.2, -0.15) is 0 Å². The second-order valence-corrected chi connectivity index (χ2v) is 10.9. The second kappa shape index (κ2) is 15.7. The minimum Gasteiger partial charge on any atom is -0.395 e. The van der Waals surface area contributed by atoms with Crippen molar-refractivity contribution < 1.29 is 10.2 Å². The molecule has 0 heterocycles. The summed E-state index contributed by atoms with van der Waals surface area (Å²) in [5.74, 6) is 0. The second-order valence-electron chi connectivity index (χ2n) is 10.9. The van der Waals surface area contributed by atoms with Crippen LogP contribution < -0.4 is 16.4 Å². The molecule has 0 aromatic rings. The van der Waals surface area contributed by atoms with Crippen LogP contribution in [0.3, 0.4) is 0 Å². The Kier molecular flexibility index (Phi) is 19.9. The number of aliphatic hydroxyl groups excluding tert-OH is 2. The first-order valence-corrected chi connectivity index (χ1v) is 9.75. The van der Waals surface area contributed by atoms with E-state index in [1.54, 1.807) is 0 Å². The number of aliphatic hydroxyl groups is 2. The normalized spacial score (nSPS) is 12.2. The highest BCUT2D eigenvalue weighted by atomic mass is 16.3. The van der Waals surface area contributed by atoms with E-state index in [4.69, 9.17) is 15.9 Å². The standard InChI is InChI=1S/C6H15NO.C6H15N.C5H13NO.C4H11N/c1-6(2,3)7-4-5-8;1-6(2,3)7(4)5;1-5(2,3)6-4-7;1-4(2,3)5/h7-8H,4-5H2,1-3H3;1-5H3;6-7H,4H2,1-3H3;5H2,1-3H3. The number of β-amino-alcohol motifs (C(OH)–C–C–N with tert-alkyl or cyclic N) is 1. The molecule has 0 amide bonds. The molecule has 0 saturated heterocycles. The Bertz CT molecular complexity index is 300. The molecule has 6 N–H and O–H groups in total. The third-order valence-electron chi connectivity index (χ3n) is 2.72. The van der Waals surface area contributed by atoms with Crippen molar-refractivity contribution >= 4 is 0 Å². The summed E-state index contributed by atoms with van der Waals surface area (Å²) >= 11 is 0. The molecule has 0 bridgehead atoms. The van der Waals surface area contributed by atoms with Gasteiger partial charge in [0.1, 0.15) is 0 Å². The van der Waals surface area contributed by atoms with Crippen LogP contribution in [0, 0.1) is 0 Å². The summed E-state index contributed by atoms with van der Waals surface area (Å²) in [4.78, 5) is 2.19. The maximum Gasteiger partial charge on any atom is 0.0935 e. The Morgan fingerprint density at radius 1 is 0.704 bits per heavy atom. The van der Waals surface area contributed by atoms with E-state index in [2.05, 4.69) is 71.2 Å². The zero-order chi connectivity index (χ0) is 23.1. The lowest BCUT2D eigenvalue weighted by Gasteiger charge is -2.27. The summed E-state index contributed by atoms with van der Waals surface area (Å²) < 4.78 is 0. The van der Waals surface area contributed by atoms with Crippen molar-refractivity contribution in [2.24, 2.45) is 5.73 Å². The van der Waals surface area contributed by atoms with Crippen molar-refractivity contribution in [1.82, 2.24) is 15.5 Å². The predicted octanol–water partition coefficient (Wildman–Crippen LogP) is 2.78. The van der Waals surface area contributed by atoms with Gasteiger partial charge < -0.3 is 26.2 Å². The van der Waals surface area contributed by atoms with Gasteiger partial charge in [0.2, 0.25) is 0 Å². The van der Waals surface area contributed by atoms with E-state index in [1.165, 1.54) is 0 Å². The van der Waals surface area contributed by atoms with Crippen molar-refractivity contribution in [3.8, 4) is 0 Å². The summed E-state index contributed by atoms with van der Waals surface area (Å²) in [6, 6.07) is 0. The Morgan fingerprint density at radius 2 is 0.963 bits per heavy atom. The van der Waals surface area contributed by atoms with E-state index in [0.29, 0.717) is 12.1 Å². The third-order valence-corrected chi connectivity index (χ3v) is 2.72. The molecule has 0 atom stereocenters. The van der Waals surface area contributed by atoms with Gasteiger partial charge in [-0.1, -0.05) is 0 Å². The monoisotopic (exact) mass is 394 g/mol. The molecule has 0 radical (unpaired) electrons. The van der Waals surface area contributed by atoms with Crippen molar-refractivity contribution in [3.63, 3.8) is 0 Å². The van der Waals surface area contributed by atoms with Gasteiger partial charge in [0.05, 0.1) is 13.3 Å². The first kappa shape index (κ1) is 34.3. The average molecular weight is 395 g/mol. The highest BCUT2D eigenvalue weighted by Gasteiger charge is 2.10. The zero-order valence-corrected chi connectivity index (χ0v) is 21.0. The van der Waals surface area contributed by atoms with Crippen LogP contribution in [0.15, 0.2) is 0 Å². The molecule has 0 aliphatic heterocycles. The maximum absolute atomic E-state index is 8.37. The summed E-state index contributed by atoms with van der Waals surface area (Å²) in [6.07, 6.45) is 0.